The Morgan fingerprint density at radius 2 is 1.72 bits per heavy atom. The molecule has 3 aliphatic rings. The molecule has 5 rings (SSSR count). The molecule has 32 heavy (non-hydrogen) atoms. The Bertz CT molecular complexity index is 1030. The molecule has 1 saturated heterocycles. The lowest BCUT2D eigenvalue weighted by Crippen LogP contribution is -2.56. The zero-order valence-corrected chi connectivity index (χ0v) is 18.4. The zero-order chi connectivity index (χ0) is 22.1. The first kappa shape index (κ1) is 20.8. The van der Waals surface area contributed by atoms with E-state index >= 15 is 0 Å². The summed E-state index contributed by atoms with van der Waals surface area (Å²) < 4.78 is 5.44. The van der Waals surface area contributed by atoms with Crippen LogP contribution in [0, 0.1) is 0 Å². The number of piperazine rings is 1. The third-order valence-electron chi connectivity index (χ3n) is 6.67. The second-order valence-corrected chi connectivity index (χ2v) is 8.65. The Labute approximate surface area is 188 Å². The van der Waals surface area contributed by atoms with E-state index in [1.54, 1.807) is 11.2 Å². The van der Waals surface area contributed by atoms with Gasteiger partial charge in [-0.2, -0.15) is 5.10 Å². The van der Waals surface area contributed by atoms with Crippen LogP contribution in [0.2, 0.25) is 0 Å². The summed E-state index contributed by atoms with van der Waals surface area (Å²) in [5.41, 5.74) is 5.47. The fourth-order valence-corrected chi connectivity index (χ4v) is 5.29. The van der Waals surface area contributed by atoms with Crippen molar-refractivity contribution in [3.05, 3.63) is 82.2 Å². The van der Waals surface area contributed by atoms with E-state index in [4.69, 9.17) is 4.74 Å². The summed E-state index contributed by atoms with van der Waals surface area (Å²) in [7, 11) is 0. The molecule has 6 heteroatoms. The van der Waals surface area contributed by atoms with Crippen LogP contribution >= 0.6 is 0 Å². The molecular weight excluding hydrogens is 402 g/mol. The first-order valence-corrected chi connectivity index (χ1v) is 11.5. The number of aliphatic hydroxyl groups is 1. The number of ether oxygens (including phenoxy) is 1. The molecule has 1 amide bonds. The zero-order valence-electron chi connectivity index (χ0n) is 18.4. The molecule has 0 bridgehead atoms. The molecule has 0 spiro atoms. The maximum Gasteiger partial charge on any atom is 0.275 e. The molecule has 2 aromatic rings. The molecule has 1 fully saturated rings. The van der Waals surface area contributed by atoms with Crippen molar-refractivity contribution in [1.82, 2.24) is 9.91 Å². The van der Waals surface area contributed by atoms with Crippen LogP contribution in [0.4, 0.5) is 0 Å². The lowest BCUT2D eigenvalue weighted by Gasteiger charge is -2.45. The van der Waals surface area contributed by atoms with Crippen LogP contribution in [0.3, 0.4) is 0 Å². The number of carbonyl (C=O) groups excluding carboxylic acids is 1. The Morgan fingerprint density at radius 3 is 2.38 bits per heavy atom. The number of hydrogen-bond donors (Lipinski definition) is 1. The number of hydrogen-bond acceptors (Lipinski definition) is 5. The van der Waals surface area contributed by atoms with Crippen LogP contribution in [0.25, 0.3) is 0 Å². The van der Waals surface area contributed by atoms with E-state index in [1.807, 2.05) is 4.90 Å². The summed E-state index contributed by atoms with van der Waals surface area (Å²) in [5.74, 6) is -0.205. The van der Waals surface area contributed by atoms with Crippen molar-refractivity contribution in [2.45, 2.75) is 38.1 Å². The Balaban J connectivity index is 1.71. The average Bonchev–Trinajstić information content (AvgIpc) is 2.96. The molecule has 1 N–H and O–H groups in total. The number of rotatable bonds is 3. The topological polar surface area (TPSA) is 65.4 Å². The van der Waals surface area contributed by atoms with Crippen LogP contribution < -0.4 is 0 Å². The van der Waals surface area contributed by atoms with Crippen molar-refractivity contribution in [2.24, 2.45) is 5.10 Å². The number of benzene rings is 2. The minimum atomic E-state index is -0.182. The lowest BCUT2D eigenvalue weighted by atomic mass is 9.81. The van der Waals surface area contributed by atoms with Gasteiger partial charge in [0.05, 0.1) is 18.9 Å². The standard InChI is InChI=1S/C26H29N3O3/c1-2-14-28-16-22(29-25(26(28)31)23(30)17-32-15-13-27-29)24-20-9-5-3-7-18(20)11-12-19-8-4-6-10-21(19)24/h3-10,13,22,24,30H,2,11-12,14-17H2,1H3/b25-23+,27-13-/t22-/m0/s1. The number of fused-ring (bicyclic) bond motifs is 3. The highest BCUT2D eigenvalue weighted by atomic mass is 16.5. The van der Waals surface area contributed by atoms with Crippen LogP contribution in [0.15, 0.2) is 65.1 Å². The van der Waals surface area contributed by atoms with E-state index in [0.29, 0.717) is 19.7 Å². The van der Waals surface area contributed by atoms with Gasteiger partial charge in [0.25, 0.3) is 5.91 Å². The van der Waals surface area contributed by atoms with Gasteiger partial charge in [-0.05, 0) is 41.5 Å². The van der Waals surface area contributed by atoms with Gasteiger partial charge < -0.3 is 14.7 Å². The van der Waals surface area contributed by atoms with Crippen LogP contribution in [-0.4, -0.2) is 59.5 Å². The smallest absolute Gasteiger partial charge is 0.275 e. The van der Waals surface area contributed by atoms with Crippen LogP contribution in [0.5, 0.6) is 0 Å². The second kappa shape index (κ2) is 8.79. The molecule has 2 aromatic carbocycles. The molecule has 0 unspecified atom stereocenters. The van der Waals surface area contributed by atoms with Crippen molar-refractivity contribution in [3.63, 3.8) is 0 Å². The Hall–Kier alpha value is -3.12. The first-order chi connectivity index (χ1) is 15.7. The maximum atomic E-state index is 13.3. The van der Waals surface area contributed by atoms with Gasteiger partial charge in [0.15, 0.2) is 5.70 Å². The summed E-state index contributed by atoms with van der Waals surface area (Å²) in [6.45, 7) is 3.56. The van der Waals surface area contributed by atoms with Gasteiger partial charge in [-0.1, -0.05) is 55.5 Å². The van der Waals surface area contributed by atoms with Gasteiger partial charge in [-0.25, -0.2) is 0 Å². The van der Waals surface area contributed by atoms with Gasteiger partial charge in [0.2, 0.25) is 0 Å². The average molecular weight is 432 g/mol. The Kier molecular flexibility index (Phi) is 5.70. The highest BCUT2D eigenvalue weighted by Crippen LogP contribution is 2.41. The molecule has 0 radical (unpaired) electrons. The molecule has 6 nitrogen and oxygen atoms in total. The van der Waals surface area contributed by atoms with E-state index in [-0.39, 0.29) is 35.9 Å². The third kappa shape index (κ3) is 3.58. The number of nitrogens with zero attached hydrogens (tertiary/aromatic N) is 3. The van der Waals surface area contributed by atoms with Crippen molar-refractivity contribution in [2.75, 3.05) is 26.3 Å². The third-order valence-corrected chi connectivity index (χ3v) is 6.67. The molecule has 0 saturated carbocycles. The molecular formula is C26H29N3O3. The minimum Gasteiger partial charge on any atom is -0.507 e. The van der Waals surface area contributed by atoms with Gasteiger partial charge in [-0.15, -0.1) is 0 Å². The van der Waals surface area contributed by atoms with Gasteiger partial charge in [-0.3, -0.25) is 9.80 Å². The maximum absolute atomic E-state index is 13.3. The second-order valence-electron chi connectivity index (χ2n) is 8.65. The minimum absolute atomic E-state index is 0.00805. The van der Waals surface area contributed by atoms with Gasteiger partial charge >= 0.3 is 0 Å². The highest BCUT2D eigenvalue weighted by Gasteiger charge is 2.44. The van der Waals surface area contributed by atoms with E-state index < -0.39 is 0 Å². The quantitative estimate of drug-likeness (QED) is 0.806. The van der Waals surface area contributed by atoms with E-state index in [1.165, 1.54) is 22.3 Å². The largest absolute Gasteiger partial charge is 0.507 e. The predicted octanol–water partition coefficient (Wildman–Crippen LogP) is 3.63. The number of amides is 1. The van der Waals surface area contributed by atoms with Crippen molar-refractivity contribution in [3.8, 4) is 0 Å². The summed E-state index contributed by atoms with van der Waals surface area (Å²) >= 11 is 0. The number of carbonyl (C=O) groups is 1. The number of hydrazone groups is 1. The molecule has 166 valence electrons. The SMILES string of the molecule is CCCN1C[C@@H](C2c3ccccc3CCc3ccccc32)N2/N=C\COC/C(O)=C\2C1=O. The normalized spacial score (nSPS) is 24.7. The summed E-state index contributed by atoms with van der Waals surface area (Å²) in [4.78, 5) is 15.2. The summed E-state index contributed by atoms with van der Waals surface area (Å²) in [6.07, 6.45) is 4.51. The summed E-state index contributed by atoms with van der Waals surface area (Å²) in [5, 5.41) is 17.2. The molecule has 2 aliphatic heterocycles. The van der Waals surface area contributed by atoms with Crippen LogP contribution in [-0.2, 0) is 22.4 Å². The van der Waals surface area contributed by atoms with Crippen LogP contribution in [0.1, 0.15) is 41.5 Å². The first-order valence-electron chi connectivity index (χ1n) is 11.5. The Morgan fingerprint density at radius 1 is 1.06 bits per heavy atom. The summed E-state index contributed by atoms with van der Waals surface area (Å²) in [6, 6.07) is 17.1. The van der Waals surface area contributed by atoms with E-state index in [2.05, 4.69) is 60.6 Å². The monoisotopic (exact) mass is 431 g/mol. The van der Waals surface area contributed by atoms with Crippen molar-refractivity contribution >= 4 is 12.1 Å². The number of aliphatic hydroxyl groups excluding tert-OH is 1. The van der Waals surface area contributed by atoms with E-state index in [0.717, 1.165) is 19.3 Å². The van der Waals surface area contributed by atoms with Crippen molar-refractivity contribution < 1.29 is 14.6 Å². The van der Waals surface area contributed by atoms with Gasteiger partial charge in [0, 0.05) is 19.0 Å². The fraction of sp³-hybridized carbons (Fsp3) is 0.385. The fourth-order valence-electron chi connectivity index (χ4n) is 5.29. The molecule has 1 aliphatic carbocycles. The predicted molar refractivity (Wildman–Crippen MR) is 124 cm³/mol. The van der Waals surface area contributed by atoms with Crippen molar-refractivity contribution in [1.29, 1.82) is 0 Å². The molecule has 0 aromatic heterocycles. The van der Waals surface area contributed by atoms with E-state index in [9.17, 15) is 9.90 Å². The highest BCUT2D eigenvalue weighted by molar-refractivity contribution is 5.94. The van der Waals surface area contributed by atoms with Gasteiger partial charge in [0.1, 0.15) is 12.4 Å². The number of aryl methyl sites for hydroxylation is 2. The molecule has 1 atom stereocenters. The molecule has 2 heterocycles. The lowest BCUT2D eigenvalue weighted by molar-refractivity contribution is -0.134.